The molecule has 5 rings (SSSR count). The number of nitrogens with zero attached hydrogens (tertiary/aromatic N) is 6. The van der Waals surface area contributed by atoms with Crippen LogP contribution in [0.3, 0.4) is 0 Å². The second kappa shape index (κ2) is 8.15. The van der Waals surface area contributed by atoms with Crippen LogP contribution in [0.4, 0.5) is 23.4 Å². The second-order valence-electron chi connectivity index (χ2n) is 7.93. The molecule has 0 bridgehead atoms. The number of alkyl halides is 3. The summed E-state index contributed by atoms with van der Waals surface area (Å²) in [6.07, 6.45) is -1.69. The van der Waals surface area contributed by atoms with Crippen molar-refractivity contribution >= 4 is 22.4 Å². The first-order valence-corrected chi connectivity index (χ1v) is 10.4. The third-order valence-electron chi connectivity index (χ3n) is 5.59. The van der Waals surface area contributed by atoms with E-state index in [4.69, 9.17) is 0 Å². The molecule has 0 fully saturated rings. The minimum absolute atomic E-state index is 0.167. The van der Waals surface area contributed by atoms with Gasteiger partial charge in [-0.3, -0.25) is 9.20 Å². The maximum atomic E-state index is 14.5. The monoisotopic (exact) mass is 483 g/mol. The van der Waals surface area contributed by atoms with Crippen molar-refractivity contribution in [2.24, 2.45) is 7.05 Å². The zero-order chi connectivity index (χ0) is 24.9. The maximum Gasteiger partial charge on any atom is 0.419 e. The van der Waals surface area contributed by atoms with Crippen LogP contribution in [0.1, 0.15) is 17.0 Å². The lowest BCUT2D eigenvalue weighted by Crippen LogP contribution is -2.14. The molecule has 0 radical (unpaired) electrons. The molecule has 12 heteroatoms. The summed E-state index contributed by atoms with van der Waals surface area (Å²) in [5.41, 5.74) is 0.290. The molecule has 8 nitrogen and oxygen atoms in total. The number of pyridine rings is 2. The normalized spacial score (nSPS) is 11.9. The summed E-state index contributed by atoms with van der Waals surface area (Å²) in [7, 11) is 1.63. The number of hydrogen-bond acceptors (Lipinski definition) is 6. The van der Waals surface area contributed by atoms with Gasteiger partial charge in [0.2, 0.25) is 0 Å². The first-order valence-electron chi connectivity index (χ1n) is 10.4. The van der Waals surface area contributed by atoms with E-state index in [1.807, 2.05) is 0 Å². The third-order valence-corrected chi connectivity index (χ3v) is 5.59. The lowest BCUT2D eigenvalue weighted by molar-refractivity contribution is -0.140. The van der Waals surface area contributed by atoms with Crippen molar-refractivity contribution in [1.82, 2.24) is 29.1 Å². The van der Waals surface area contributed by atoms with Gasteiger partial charge in [0.05, 0.1) is 11.3 Å². The van der Waals surface area contributed by atoms with Gasteiger partial charge in [-0.2, -0.15) is 13.2 Å². The fourth-order valence-corrected chi connectivity index (χ4v) is 3.85. The van der Waals surface area contributed by atoms with E-state index in [1.165, 1.54) is 23.0 Å². The summed E-state index contributed by atoms with van der Waals surface area (Å²) in [5, 5.41) is 11.5. The van der Waals surface area contributed by atoms with Crippen molar-refractivity contribution in [1.29, 1.82) is 0 Å². The van der Waals surface area contributed by atoms with E-state index in [0.29, 0.717) is 39.7 Å². The van der Waals surface area contributed by atoms with Crippen LogP contribution in [0.2, 0.25) is 0 Å². The van der Waals surface area contributed by atoms with Crippen LogP contribution >= 0.6 is 0 Å². The van der Waals surface area contributed by atoms with E-state index >= 15 is 0 Å². The third kappa shape index (κ3) is 3.96. The fourth-order valence-electron chi connectivity index (χ4n) is 3.85. The Morgan fingerprint density at radius 1 is 1.11 bits per heavy atom. The van der Waals surface area contributed by atoms with Gasteiger partial charge in [-0.25, -0.2) is 14.4 Å². The molecule has 0 aliphatic rings. The maximum absolute atomic E-state index is 14.5. The average molecular weight is 483 g/mol. The van der Waals surface area contributed by atoms with Crippen LogP contribution in [0, 0.1) is 12.7 Å². The zero-order valence-electron chi connectivity index (χ0n) is 18.4. The number of aryl methyl sites for hydroxylation is 2. The van der Waals surface area contributed by atoms with E-state index in [-0.39, 0.29) is 23.5 Å². The number of halogens is 4. The summed E-state index contributed by atoms with van der Waals surface area (Å²) in [6, 6.07) is 8.06. The van der Waals surface area contributed by atoms with Gasteiger partial charge in [-0.15, -0.1) is 10.2 Å². The summed E-state index contributed by atoms with van der Waals surface area (Å²) >= 11 is 0. The fraction of sp³-hybridized carbons (Fsp3) is 0.174. The van der Waals surface area contributed by atoms with Gasteiger partial charge in [0.15, 0.2) is 5.65 Å². The largest absolute Gasteiger partial charge is 0.419 e. The van der Waals surface area contributed by atoms with Gasteiger partial charge in [0.25, 0.3) is 5.56 Å². The van der Waals surface area contributed by atoms with E-state index in [9.17, 15) is 22.4 Å². The van der Waals surface area contributed by atoms with Gasteiger partial charge >= 0.3 is 6.18 Å². The number of nitrogens with one attached hydrogen (secondary N) is 1. The smallest absolute Gasteiger partial charge is 0.365 e. The Hall–Kier alpha value is -4.35. The Balaban J connectivity index is 1.64. The van der Waals surface area contributed by atoms with Gasteiger partial charge in [-0.1, -0.05) is 12.1 Å². The van der Waals surface area contributed by atoms with Crippen molar-refractivity contribution in [3.05, 3.63) is 82.0 Å². The van der Waals surface area contributed by atoms with Gasteiger partial charge in [0, 0.05) is 42.4 Å². The highest BCUT2D eigenvalue weighted by Gasteiger charge is 2.34. The van der Waals surface area contributed by atoms with Crippen LogP contribution in [-0.4, -0.2) is 29.1 Å². The standard InChI is InChI=1S/C23H17F4N7O/c1-12-30-20-15(21(31-12)28-10-14-4-3-5-16(19(14)24)23(25,26)27)9-17(34-11-29-32-22(20)34)13-6-7-33(2)18(35)8-13/h3-9,11H,10H2,1-2H3,(H,28,30,31). The number of aromatic nitrogens is 6. The molecule has 0 spiro atoms. The zero-order valence-corrected chi connectivity index (χ0v) is 18.4. The molecule has 0 saturated heterocycles. The minimum atomic E-state index is -4.81. The molecular weight excluding hydrogens is 466 g/mol. The van der Waals surface area contributed by atoms with Crippen molar-refractivity contribution in [2.45, 2.75) is 19.6 Å². The summed E-state index contributed by atoms with van der Waals surface area (Å²) in [5.74, 6) is -0.695. The van der Waals surface area contributed by atoms with Crippen LogP contribution in [-0.2, 0) is 19.8 Å². The first-order chi connectivity index (χ1) is 16.6. The Morgan fingerprint density at radius 2 is 1.91 bits per heavy atom. The summed E-state index contributed by atoms with van der Waals surface area (Å²) in [4.78, 5) is 21.1. The highest BCUT2D eigenvalue weighted by Crippen LogP contribution is 2.33. The summed E-state index contributed by atoms with van der Waals surface area (Å²) < 4.78 is 57.0. The molecule has 0 saturated carbocycles. The molecule has 5 aromatic rings. The molecule has 1 N–H and O–H groups in total. The minimum Gasteiger partial charge on any atom is -0.365 e. The quantitative estimate of drug-likeness (QED) is 0.387. The van der Waals surface area contributed by atoms with Crippen molar-refractivity contribution in [3.63, 3.8) is 0 Å². The Bertz CT molecular complexity index is 1660. The highest BCUT2D eigenvalue weighted by molar-refractivity contribution is 5.99. The van der Waals surface area contributed by atoms with Crippen molar-refractivity contribution in [3.8, 4) is 11.3 Å². The highest BCUT2D eigenvalue weighted by atomic mass is 19.4. The van der Waals surface area contributed by atoms with Crippen LogP contribution in [0.5, 0.6) is 0 Å². The number of fused-ring (bicyclic) bond motifs is 3. The molecule has 35 heavy (non-hydrogen) atoms. The lowest BCUT2D eigenvalue weighted by Gasteiger charge is -2.14. The summed E-state index contributed by atoms with van der Waals surface area (Å²) in [6.45, 7) is 1.40. The molecule has 0 unspecified atom stereocenters. The van der Waals surface area contributed by atoms with E-state index < -0.39 is 17.6 Å². The number of rotatable bonds is 4. The molecule has 0 amide bonds. The van der Waals surface area contributed by atoms with E-state index in [0.717, 1.165) is 6.07 Å². The first kappa shape index (κ1) is 22.4. The molecule has 0 aliphatic heterocycles. The molecule has 0 atom stereocenters. The van der Waals surface area contributed by atoms with Crippen LogP contribution < -0.4 is 10.9 Å². The van der Waals surface area contributed by atoms with Crippen molar-refractivity contribution in [2.75, 3.05) is 5.32 Å². The lowest BCUT2D eigenvalue weighted by atomic mass is 10.1. The number of anilines is 1. The number of benzene rings is 1. The number of hydrogen-bond donors (Lipinski definition) is 1. The molecule has 1 aromatic carbocycles. The molecule has 178 valence electrons. The van der Waals surface area contributed by atoms with Gasteiger partial charge in [0.1, 0.15) is 29.3 Å². The van der Waals surface area contributed by atoms with E-state index in [1.54, 1.807) is 36.7 Å². The Morgan fingerprint density at radius 3 is 2.66 bits per heavy atom. The molecule has 4 aromatic heterocycles. The Kier molecular flexibility index (Phi) is 5.23. The predicted octanol–water partition coefficient (Wildman–Crippen LogP) is 4.12. The van der Waals surface area contributed by atoms with Gasteiger partial charge < -0.3 is 9.88 Å². The van der Waals surface area contributed by atoms with Gasteiger partial charge in [-0.05, 0) is 25.1 Å². The molecule has 4 heterocycles. The van der Waals surface area contributed by atoms with Crippen LogP contribution in [0.25, 0.3) is 27.8 Å². The average Bonchev–Trinajstić information content (AvgIpc) is 3.29. The topological polar surface area (TPSA) is 90.0 Å². The molecular formula is C23H17F4N7O. The van der Waals surface area contributed by atoms with E-state index in [2.05, 4.69) is 25.5 Å². The Labute approximate surface area is 194 Å². The van der Waals surface area contributed by atoms with Crippen LogP contribution in [0.15, 0.2) is 53.7 Å². The van der Waals surface area contributed by atoms with Crippen molar-refractivity contribution < 1.29 is 17.6 Å². The predicted molar refractivity (Wildman–Crippen MR) is 120 cm³/mol. The second-order valence-corrected chi connectivity index (χ2v) is 7.93. The molecule has 0 aliphatic carbocycles. The SMILES string of the molecule is Cc1nc(NCc2cccc(C(F)(F)F)c2F)c2cc(-c3ccn(C)c(=O)c3)n3cnnc3c2n1.